The summed E-state index contributed by atoms with van der Waals surface area (Å²) in [6.07, 6.45) is -4.42. The molecule has 4 nitrogen and oxygen atoms in total. The van der Waals surface area contributed by atoms with Crippen LogP contribution in [-0.4, -0.2) is 41.8 Å². The van der Waals surface area contributed by atoms with E-state index in [4.69, 9.17) is 4.74 Å². The molecule has 1 saturated heterocycles. The van der Waals surface area contributed by atoms with Crippen molar-refractivity contribution >= 4 is 5.91 Å². The number of ether oxygens (including phenoxy) is 1. The second kappa shape index (κ2) is 5.80. The lowest BCUT2D eigenvalue weighted by molar-refractivity contribution is -0.151. The molecule has 0 saturated carbocycles. The van der Waals surface area contributed by atoms with Crippen LogP contribution in [0.2, 0.25) is 0 Å². The Hall–Kier alpha value is -1.60. The lowest BCUT2D eigenvalue weighted by Gasteiger charge is -2.34. The molecule has 0 aliphatic carbocycles. The van der Waals surface area contributed by atoms with Crippen LogP contribution < -0.4 is 0 Å². The molecule has 20 heavy (non-hydrogen) atoms. The molecule has 1 unspecified atom stereocenters. The highest BCUT2D eigenvalue weighted by molar-refractivity contribution is 5.78. The minimum Gasteiger partial charge on any atom is -0.394 e. The van der Waals surface area contributed by atoms with Crippen molar-refractivity contribution in [2.75, 3.05) is 19.8 Å². The van der Waals surface area contributed by atoms with Gasteiger partial charge in [0.2, 0.25) is 5.91 Å². The summed E-state index contributed by atoms with van der Waals surface area (Å²) in [5, 5.41) is 9.19. The van der Waals surface area contributed by atoms with E-state index < -0.39 is 17.8 Å². The maximum Gasteiger partial charge on any atom is 0.416 e. The first-order valence-electron chi connectivity index (χ1n) is 6.06. The molecule has 1 amide bonds. The molecule has 0 spiro atoms. The summed E-state index contributed by atoms with van der Waals surface area (Å²) in [7, 11) is 0. The quantitative estimate of drug-likeness (QED) is 0.915. The first-order valence-corrected chi connectivity index (χ1v) is 6.06. The molecule has 1 aromatic carbocycles. The van der Waals surface area contributed by atoms with Crippen molar-refractivity contribution < 1.29 is 27.8 Å². The zero-order valence-corrected chi connectivity index (χ0v) is 10.6. The van der Waals surface area contributed by atoms with Crippen LogP contribution in [0.1, 0.15) is 11.1 Å². The summed E-state index contributed by atoms with van der Waals surface area (Å²) in [6, 6.07) is 4.29. The molecule has 2 rings (SSSR count). The van der Waals surface area contributed by atoms with Crippen LogP contribution in [0.5, 0.6) is 0 Å². The molecule has 1 aliphatic heterocycles. The molecule has 7 heteroatoms. The number of amides is 1. The third-order valence-electron chi connectivity index (χ3n) is 3.11. The normalized spacial score (nSPS) is 20.3. The summed E-state index contributed by atoms with van der Waals surface area (Å²) < 4.78 is 42.9. The highest BCUT2D eigenvalue weighted by Gasteiger charge is 2.32. The third kappa shape index (κ3) is 3.29. The molecule has 0 aromatic heterocycles. The van der Waals surface area contributed by atoms with Gasteiger partial charge in [0, 0.05) is 6.54 Å². The lowest BCUT2D eigenvalue weighted by atomic mass is 10.1. The second-order valence-corrected chi connectivity index (χ2v) is 4.57. The van der Waals surface area contributed by atoms with E-state index in [0.29, 0.717) is 5.56 Å². The first-order chi connectivity index (χ1) is 9.41. The number of hydrogen-bond donors (Lipinski definition) is 1. The Labute approximate surface area is 113 Å². The summed E-state index contributed by atoms with van der Waals surface area (Å²) in [6.45, 7) is -0.196. The van der Waals surface area contributed by atoms with Gasteiger partial charge in [-0.1, -0.05) is 12.1 Å². The molecular formula is C13H14F3NO3. The van der Waals surface area contributed by atoms with E-state index in [1.165, 1.54) is 17.0 Å². The maximum atomic E-state index is 12.6. The van der Waals surface area contributed by atoms with Crippen molar-refractivity contribution in [3.05, 3.63) is 35.4 Å². The average molecular weight is 289 g/mol. The van der Waals surface area contributed by atoms with Gasteiger partial charge in [0.15, 0.2) is 0 Å². The molecule has 1 heterocycles. The van der Waals surface area contributed by atoms with Gasteiger partial charge >= 0.3 is 6.18 Å². The monoisotopic (exact) mass is 289 g/mol. The van der Waals surface area contributed by atoms with Crippen LogP contribution in [0.15, 0.2) is 24.3 Å². The number of hydrogen-bond acceptors (Lipinski definition) is 3. The minimum atomic E-state index is -4.42. The molecule has 1 N–H and O–H groups in total. The van der Waals surface area contributed by atoms with Crippen LogP contribution in [0.25, 0.3) is 0 Å². The van der Waals surface area contributed by atoms with E-state index in [-0.39, 0.29) is 32.3 Å². The number of nitrogens with zero attached hydrogens (tertiary/aromatic N) is 1. The van der Waals surface area contributed by atoms with Gasteiger partial charge in [0.25, 0.3) is 0 Å². The Kier molecular flexibility index (Phi) is 4.29. The van der Waals surface area contributed by atoms with E-state index in [9.17, 15) is 23.1 Å². The molecule has 1 aliphatic rings. The SMILES string of the molecule is O=C1COCC(CO)N1Cc1cccc(C(F)(F)F)c1. The van der Waals surface area contributed by atoms with E-state index in [1.54, 1.807) is 0 Å². The molecule has 0 bridgehead atoms. The molecular weight excluding hydrogens is 275 g/mol. The highest BCUT2D eigenvalue weighted by Crippen LogP contribution is 2.30. The zero-order valence-electron chi connectivity index (χ0n) is 10.6. The molecule has 1 atom stereocenters. The number of carbonyl (C=O) groups is 1. The number of aliphatic hydroxyl groups excluding tert-OH is 1. The minimum absolute atomic E-state index is 0.0251. The van der Waals surface area contributed by atoms with Crippen molar-refractivity contribution in [1.29, 1.82) is 0 Å². The second-order valence-electron chi connectivity index (χ2n) is 4.57. The van der Waals surface area contributed by atoms with Crippen molar-refractivity contribution in [2.45, 2.75) is 18.8 Å². The average Bonchev–Trinajstić information content (AvgIpc) is 2.40. The molecule has 0 radical (unpaired) electrons. The number of alkyl halides is 3. The van der Waals surface area contributed by atoms with E-state index in [0.717, 1.165) is 12.1 Å². The van der Waals surface area contributed by atoms with Crippen LogP contribution >= 0.6 is 0 Å². The van der Waals surface area contributed by atoms with Crippen LogP contribution in [-0.2, 0) is 22.3 Å². The van der Waals surface area contributed by atoms with Gasteiger partial charge in [-0.05, 0) is 17.7 Å². The largest absolute Gasteiger partial charge is 0.416 e. The van der Waals surface area contributed by atoms with Gasteiger partial charge in [0.1, 0.15) is 6.61 Å². The number of aliphatic hydroxyl groups is 1. The summed E-state index contributed by atoms with van der Waals surface area (Å²) in [5.41, 5.74) is -0.384. The van der Waals surface area contributed by atoms with Gasteiger partial charge in [-0.15, -0.1) is 0 Å². The van der Waals surface area contributed by atoms with Gasteiger partial charge in [-0.3, -0.25) is 4.79 Å². The van der Waals surface area contributed by atoms with Gasteiger partial charge in [-0.25, -0.2) is 0 Å². The summed E-state index contributed by atoms with van der Waals surface area (Å²) >= 11 is 0. The standard InChI is InChI=1S/C13H14F3NO3/c14-13(15,16)10-3-1-2-9(4-10)5-17-11(6-18)7-20-8-12(17)19/h1-4,11,18H,5-8H2. The van der Waals surface area contributed by atoms with Crippen LogP contribution in [0, 0.1) is 0 Å². The predicted molar refractivity (Wildman–Crippen MR) is 63.7 cm³/mol. The highest BCUT2D eigenvalue weighted by atomic mass is 19.4. The predicted octanol–water partition coefficient (Wildman–Crippen LogP) is 1.43. The summed E-state index contributed by atoms with van der Waals surface area (Å²) in [5.74, 6) is -0.340. The fourth-order valence-corrected chi connectivity index (χ4v) is 2.07. The van der Waals surface area contributed by atoms with E-state index >= 15 is 0 Å². The fraction of sp³-hybridized carbons (Fsp3) is 0.462. The number of rotatable bonds is 3. The third-order valence-corrected chi connectivity index (χ3v) is 3.11. The van der Waals surface area contributed by atoms with Crippen molar-refractivity contribution in [3.8, 4) is 0 Å². The number of benzene rings is 1. The van der Waals surface area contributed by atoms with E-state index in [1.807, 2.05) is 0 Å². The summed E-state index contributed by atoms with van der Waals surface area (Å²) in [4.78, 5) is 13.1. The van der Waals surface area contributed by atoms with Crippen LogP contribution in [0.3, 0.4) is 0 Å². The molecule has 1 fully saturated rings. The van der Waals surface area contributed by atoms with Crippen molar-refractivity contribution in [1.82, 2.24) is 4.90 Å². The fourth-order valence-electron chi connectivity index (χ4n) is 2.07. The number of carbonyl (C=O) groups excluding carboxylic acids is 1. The molecule has 1 aromatic rings. The lowest BCUT2D eigenvalue weighted by Crippen LogP contribution is -2.50. The smallest absolute Gasteiger partial charge is 0.394 e. The number of halogens is 3. The van der Waals surface area contributed by atoms with Gasteiger partial charge < -0.3 is 14.7 Å². The van der Waals surface area contributed by atoms with Crippen molar-refractivity contribution in [2.24, 2.45) is 0 Å². The first kappa shape index (κ1) is 14.8. The Morgan fingerprint density at radius 3 is 2.80 bits per heavy atom. The Bertz CT molecular complexity index is 490. The molecule has 110 valence electrons. The Morgan fingerprint density at radius 2 is 2.15 bits per heavy atom. The maximum absolute atomic E-state index is 12.6. The van der Waals surface area contributed by atoms with Crippen LogP contribution in [0.4, 0.5) is 13.2 Å². The van der Waals surface area contributed by atoms with Crippen molar-refractivity contribution in [3.63, 3.8) is 0 Å². The number of morpholine rings is 1. The Balaban J connectivity index is 2.18. The zero-order chi connectivity index (χ0) is 14.8. The van der Waals surface area contributed by atoms with Gasteiger partial charge in [-0.2, -0.15) is 13.2 Å². The Morgan fingerprint density at radius 1 is 1.40 bits per heavy atom. The topological polar surface area (TPSA) is 49.8 Å². The van der Waals surface area contributed by atoms with Gasteiger partial charge in [0.05, 0.1) is 24.8 Å². The van der Waals surface area contributed by atoms with E-state index in [2.05, 4.69) is 0 Å².